The molecule has 118 valence electrons. The maximum absolute atomic E-state index is 12.2. The van der Waals surface area contributed by atoms with Crippen LogP contribution in [0.25, 0.3) is 10.9 Å². The average molecular weight is 312 g/mol. The fraction of sp³-hybridized carbons (Fsp3) is 0.250. The lowest BCUT2D eigenvalue weighted by atomic mass is 10.1. The van der Waals surface area contributed by atoms with Gasteiger partial charge in [0.05, 0.1) is 12.1 Å². The number of rotatable bonds is 4. The van der Waals surface area contributed by atoms with Crippen molar-refractivity contribution in [3.8, 4) is 0 Å². The molecule has 1 amide bonds. The number of aromatic nitrogens is 3. The number of amides is 1. The van der Waals surface area contributed by atoms with E-state index in [1.54, 1.807) is 6.92 Å². The van der Waals surface area contributed by atoms with Gasteiger partial charge in [0.15, 0.2) is 5.82 Å². The van der Waals surface area contributed by atoms with Gasteiger partial charge in [0.1, 0.15) is 6.54 Å². The molecule has 0 fully saturated rings. The highest BCUT2D eigenvalue weighted by atomic mass is 16.5. The molecule has 3 rings (SSSR count). The van der Waals surface area contributed by atoms with Gasteiger partial charge in [-0.05, 0) is 18.6 Å². The zero-order chi connectivity index (χ0) is 16.4. The van der Waals surface area contributed by atoms with E-state index in [4.69, 9.17) is 4.52 Å². The summed E-state index contributed by atoms with van der Waals surface area (Å²) in [4.78, 5) is 28.3. The molecule has 0 radical (unpaired) electrons. The van der Waals surface area contributed by atoms with E-state index in [0.29, 0.717) is 11.7 Å². The summed E-state index contributed by atoms with van der Waals surface area (Å²) >= 11 is 0. The summed E-state index contributed by atoms with van der Waals surface area (Å²) in [5.74, 6) is 0.551. The Labute approximate surface area is 131 Å². The Bertz CT molecular complexity index is 926. The van der Waals surface area contributed by atoms with Crippen LogP contribution in [0.15, 0.2) is 39.6 Å². The quantitative estimate of drug-likeness (QED) is 0.784. The third-order valence-electron chi connectivity index (χ3n) is 3.54. The summed E-state index contributed by atoms with van der Waals surface area (Å²) < 4.78 is 6.29. The second-order valence-electron chi connectivity index (χ2n) is 5.28. The number of hydrogen-bond donors (Lipinski definition) is 1. The molecule has 1 aromatic carbocycles. The molecular formula is C16H16N4O3. The van der Waals surface area contributed by atoms with Crippen molar-refractivity contribution in [3.05, 3.63) is 58.0 Å². The number of carbonyl (C=O) groups excluding carboxylic acids is 1. The van der Waals surface area contributed by atoms with Gasteiger partial charge < -0.3 is 9.84 Å². The van der Waals surface area contributed by atoms with Crippen LogP contribution in [0.5, 0.6) is 0 Å². The first-order valence-corrected chi connectivity index (χ1v) is 7.19. The molecule has 0 atom stereocenters. The number of nitrogens with one attached hydrogen (secondary N) is 1. The highest BCUT2D eigenvalue weighted by molar-refractivity contribution is 5.84. The molecule has 0 aliphatic carbocycles. The average Bonchev–Trinajstić information content (AvgIpc) is 2.95. The normalized spacial score (nSPS) is 10.9. The Morgan fingerprint density at radius 3 is 2.83 bits per heavy atom. The first kappa shape index (κ1) is 15.0. The molecule has 0 saturated carbocycles. The van der Waals surface area contributed by atoms with Gasteiger partial charge in [0.25, 0.3) is 5.56 Å². The van der Waals surface area contributed by atoms with Gasteiger partial charge in [0, 0.05) is 18.4 Å². The van der Waals surface area contributed by atoms with Gasteiger partial charge in [-0.3, -0.25) is 14.2 Å². The number of para-hydroxylation sites is 1. The molecule has 7 nitrogen and oxygen atoms in total. The van der Waals surface area contributed by atoms with Crippen LogP contribution >= 0.6 is 0 Å². The summed E-state index contributed by atoms with van der Waals surface area (Å²) in [6, 6.07) is 9.05. The van der Waals surface area contributed by atoms with E-state index in [-0.39, 0.29) is 24.6 Å². The van der Waals surface area contributed by atoms with Crippen LogP contribution in [0.3, 0.4) is 0 Å². The van der Waals surface area contributed by atoms with Gasteiger partial charge in [0.2, 0.25) is 11.8 Å². The fourth-order valence-corrected chi connectivity index (χ4v) is 2.46. The van der Waals surface area contributed by atoms with Gasteiger partial charge in [-0.1, -0.05) is 23.4 Å². The van der Waals surface area contributed by atoms with E-state index in [9.17, 15) is 9.59 Å². The molecule has 7 heteroatoms. The van der Waals surface area contributed by atoms with Gasteiger partial charge in [-0.25, -0.2) is 0 Å². The number of aryl methyl sites for hydroxylation is 2. The standard InChI is InChI=1S/C16H16N4O3/c1-10-7-16(22)20(13-6-4-3-5-12(10)13)9-15(21)17-8-14-18-11(2)23-19-14/h3-7H,8-9H2,1-2H3,(H,17,21). The first-order valence-electron chi connectivity index (χ1n) is 7.19. The zero-order valence-corrected chi connectivity index (χ0v) is 12.9. The van der Waals surface area contributed by atoms with Gasteiger partial charge in [-0.2, -0.15) is 4.98 Å². The van der Waals surface area contributed by atoms with Crippen LogP contribution in [-0.4, -0.2) is 20.6 Å². The minimum atomic E-state index is -0.288. The van der Waals surface area contributed by atoms with E-state index in [1.807, 2.05) is 31.2 Å². The second kappa shape index (κ2) is 6.04. The summed E-state index contributed by atoms with van der Waals surface area (Å²) in [6.45, 7) is 3.66. The lowest BCUT2D eigenvalue weighted by Crippen LogP contribution is -2.32. The van der Waals surface area contributed by atoms with Crippen molar-refractivity contribution in [3.63, 3.8) is 0 Å². The molecule has 0 aliphatic rings. The van der Waals surface area contributed by atoms with E-state index in [0.717, 1.165) is 16.5 Å². The largest absolute Gasteiger partial charge is 0.347 e. The second-order valence-corrected chi connectivity index (χ2v) is 5.28. The van der Waals surface area contributed by atoms with E-state index in [2.05, 4.69) is 15.5 Å². The van der Waals surface area contributed by atoms with E-state index in [1.165, 1.54) is 10.6 Å². The third-order valence-corrected chi connectivity index (χ3v) is 3.54. The summed E-state index contributed by atoms with van der Waals surface area (Å²) in [7, 11) is 0. The van der Waals surface area contributed by atoms with Crippen molar-refractivity contribution < 1.29 is 9.32 Å². The number of carbonyl (C=O) groups is 1. The first-order chi connectivity index (χ1) is 11.0. The molecule has 0 unspecified atom stereocenters. The predicted octanol–water partition coefficient (Wildman–Crippen LogP) is 1.32. The van der Waals surface area contributed by atoms with E-state index < -0.39 is 0 Å². The SMILES string of the molecule is Cc1nc(CNC(=O)Cn2c(=O)cc(C)c3ccccc32)no1. The maximum Gasteiger partial charge on any atom is 0.251 e. The molecule has 2 aromatic heterocycles. The third kappa shape index (κ3) is 3.13. The topological polar surface area (TPSA) is 90.0 Å². The molecule has 0 saturated heterocycles. The van der Waals surface area contributed by atoms with Crippen molar-refractivity contribution in [1.29, 1.82) is 0 Å². The van der Waals surface area contributed by atoms with Crippen LogP contribution < -0.4 is 10.9 Å². The molecule has 0 aliphatic heterocycles. The lowest BCUT2D eigenvalue weighted by Gasteiger charge is -2.11. The fourth-order valence-electron chi connectivity index (χ4n) is 2.46. The molecule has 0 bridgehead atoms. The van der Waals surface area contributed by atoms with Crippen LogP contribution in [-0.2, 0) is 17.9 Å². The number of hydrogen-bond acceptors (Lipinski definition) is 5. The van der Waals surface area contributed by atoms with E-state index >= 15 is 0 Å². The molecule has 3 aromatic rings. The van der Waals surface area contributed by atoms with Crippen molar-refractivity contribution >= 4 is 16.8 Å². The van der Waals surface area contributed by atoms with Crippen LogP contribution in [0.2, 0.25) is 0 Å². The highest BCUT2D eigenvalue weighted by Crippen LogP contribution is 2.15. The van der Waals surface area contributed by atoms with Crippen molar-refractivity contribution in [1.82, 2.24) is 20.0 Å². The van der Waals surface area contributed by atoms with Crippen molar-refractivity contribution in [2.24, 2.45) is 0 Å². The summed E-state index contributed by atoms with van der Waals surface area (Å²) in [5, 5.41) is 7.34. The van der Waals surface area contributed by atoms with Crippen LogP contribution in [0.4, 0.5) is 0 Å². The number of benzene rings is 1. The number of pyridine rings is 1. The van der Waals surface area contributed by atoms with Gasteiger partial charge in [-0.15, -0.1) is 0 Å². The van der Waals surface area contributed by atoms with Crippen LogP contribution in [0, 0.1) is 13.8 Å². The summed E-state index contributed by atoms with van der Waals surface area (Å²) in [6.07, 6.45) is 0. The predicted molar refractivity (Wildman–Crippen MR) is 83.8 cm³/mol. The monoisotopic (exact) mass is 312 g/mol. The van der Waals surface area contributed by atoms with Crippen molar-refractivity contribution in [2.45, 2.75) is 26.9 Å². The molecular weight excluding hydrogens is 296 g/mol. The number of nitrogens with zero attached hydrogens (tertiary/aromatic N) is 3. The highest BCUT2D eigenvalue weighted by Gasteiger charge is 2.11. The Morgan fingerprint density at radius 2 is 2.09 bits per heavy atom. The Hall–Kier alpha value is -2.96. The molecule has 1 N–H and O–H groups in total. The summed E-state index contributed by atoms with van der Waals surface area (Å²) in [5.41, 5.74) is 1.43. The van der Waals surface area contributed by atoms with Gasteiger partial charge >= 0.3 is 0 Å². The zero-order valence-electron chi connectivity index (χ0n) is 12.9. The molecule has 0 spiro atoms. The Kier molecular flexibility index (Phi) is 3.92. The number of fused-ring (bicyclic) bond motifs is 1. The Morgan fingerprint density at radius 1 is 1.30 bits per heavy atom. The van der Waals surface area contributed by atoms with Crippen molar-refractivity contribution in [2.75, 3.05) is 0 Å². The minimum Gasteiger partial charge on any atom is -0.347 e. The Balaban J connectivity index is 1.81. The smallest absolute Gasteiger partial charge is 0.251 e. The minimum absolute atomic E-state index is 0.0591. The maximum atomic E-state index is 12.2. The molecule has 23 heavy (non-hydrogen) atoms. The lowest BCUT2D eigenvalue weighted by molar-refractivity contribution is -0.121. The molecule has 2 heterocycles. The van der Waals surface area contributed by atoms with Crippen LogP contribution in [0.1, 0.15) is 17.3 Å².